The summed E-state index contributed by atoms with van der Waals surface area (Å²) in [5.74, 6) is 0.364. The summed E-state index contributed by atoms with van der Waals surface area (Å²) in [6.07, 6.45) is 2.39. The van der Waals surface area contributed by atoms with Crippen molar-refractivity contribution in [1.29, 1.82) is 0 Å². The van der Waals surface area contributed by atoms with E-state index in [1.165, 1.54) is 0 Å². The lowest BCUT2D eigenvalue weighted by molar-refractivity contribution is -0.255. The van der Waals surface area contributed by atoms with Crippen molar-refractivity contribution in [3.63, 3.8) is 0 Å². The van der Waals surface area contributed by atoms with E-state index in [0.29, 0.717) is 5.92 Å². The first-order chi connectivity index (χ1) is 7.32. The van der Waals surface area contributed by atoms with Crippen molar-refractivity contribution in [2.45, 2.75) is 45.3 Å². The van der Waals surface area contributed by atoms with Crippen molar-refractivity contribution >= 4 is 5.97 Å². The number of aliphatic hydroxyl groups excluding tert-OH is 1. The Bertz CT molecular complexity index is 334. The molecular weight excluding hydrogens is 204 g/mol. The monoisotopic (exact) mass is 224 g/mol. The van der Waals surface area contributed by atoms with Crippen LogP contribution in [0, 0.1) is 17.3 Å². The molecule has 0 saturated heterocycles. The molecule has 4 unspecified atom stereocenters. The molecule has 0 heterocycles. The van der Waals surface area contributed by atoms with Crippen LogP contribution in [0.3, 0.4) is 0 Å². The summed E-state index contributed by atoms with van der Waals surface area (Å²) in [6, 6.07) is 0. The van der Waals surface area contributed by atoms with Gasteiger partial charge in [-0.1, -0.05) is 20.4 Å². The van der Waals surface area contributed by atoms with E-state index in [1.807, 2.05) is 6.92 Å². The summed E-state index contributed by atoms with van der Waals surface area (Å²) in [6.45, 7) is 9.63. The topological polar surface area (TPSA) is 46.5 Å². The van der Waals surface area contributed by atoms with Crippen LogP contribution >= 0.6 is 0 Å². The summed E-state index contributed by atoms with van der Waals surface area (Å²) >= 11 is 0. The van der Waals surface area contributed by atoms with E-state index in [4.69, 9.17) is 4.74 Å². The minimum Gasteiger partial charge on any atom is -0.453 e. The van der Waals surface area contributed by atoms with Crippen LogP contribution in [0.2, 0.25) is 0 Å². The zero-order valence-electron chi connectivity index (χ0n) is 10.2. The standard InChI is InChI=1S/C13H20O3/c1-5-11(15)16-13(4)9-6-8(7-10(13)14)12(9,2)3/h5,8-10,14H,1,6-7H2,2-4H3. The molecule has 4 atom stereocenters. The molecule has 3 nitrogen and oxygen atoms in total. The predicted octanol–water partition coefficient (Wildman–Crippen LogP) is 1.90. The van der Waals surface area contributed by atoms with Gasteiger partial charge in [-0.2, -0.15) is 0 Å². The number of hydrogen-bond donors (Lipinski definition) is 1. The molecule has 0 aliphatic heterocycles. The van der Waals surface area contributed by atoms with Gasteiger partial charge in [-0.3, -0.25) is 0 Å². The quantitative estimate of drug-likeness (QED) is 0.575. The maximum absolute atomic E-state index is 11.4. The van der Waals surface area contributed by atoms with E-state index < -0.39 is 17.7 Å². The zero-order chi connectivity index (χ0) is 12.1. The van der Waals surface area contributed by atoms with Crippen LogP contribution in [0.15, 0.2) is 12.7 Å². The van der Waals surface area contributed by atoms with Gasteiger partial charge in [-0.15, -0.1) is 0 Å². The molecule has 1 N–H and O–H groups in total. The number of esters is 1. The van der Waals surface area contributed by atoms with Gasteiger partial charge in [0.15, 0.2) is 0 Å². The van der Waals surface area contributed by atoms with Gasteiger partial charge in [0, 0.05) is 12.0 Å². The Morgan fingerprint density at radius 1 is 1.44 bits per heavy atom. The highest BCUT2D eigenvalue weighted by Gasteiger charge is 2.64. The van der Waals surface area contributed by atoms with Gasteiger partial charge in [-0.25, -0.2) is 4.79 Å². The Kier molecular flexibility index (Phi) is 2.42. The van der Waals surface area contributed by atoms with E-state index in [9.17, 15) is 9.90 Å². The van der Waals surface area contributed by atoms with Crippen molar-refractivity contribution in [2.75, 3.05) is 0 Å². The summed E-state index contributed by atoms with van der Waals surface area (Å²) in [5.41, 5.74) is -0.584. The second-order valence-corrected chi connectivity index (χ2v) is 5.87. The Labute approximate surface area is 96.5 Å². The molecule has 3 heteroatoms. The fourth-order valence-corrected chi connectivity index (χ4v) is 3.52. The molecule has 16 heavy (non-hydrogen) atoms. The van der Waals surface area contributed by atoms with Gasteiger partial charge < -0.3 is 9.84 Å². The van der Waals surface area contributed by atoms with Crippen LogP contribution in [-0.4, -0.2) is 22.8 Å². The maximum Gasteiger partial charge on any atom is 0.330 e. The maximum atomic E-state index is 11.4. The van der Waals surface area contributed by atoms with Crippen molar-refractivity contribution in [1.82, 2.24) is 0 Å². The Hall–Kier alpha value is -0.830. The summed E-state index contributed by atoms with van der Waals surface area (Å²) in [7, 11) is 0. The average molecular weight is 224 g/mol. The number of aliphatic hydroxyl groups is 1. The molecule has 0 amide bonds. The number of carbonyl (C=O) groups is 1. The average Bonchev–Trinajstić information content (AvgIpc) is 2.21. The van der Waals surface area contributed by atoms with Gasteiger partial charge in [0.05, 0.1) is 6.10 Å². The van der Waals surface area contributed by atoms with Crippen LogP contribution in [-0.2, 0) is 9.53 Å². The van der Waals surface area contributed by atoms with Gasteiger partial charge in [-0.05, 0) is 31.1 Å². The van der Waals surface area contributed by atoms with Gasteiger partial charge in [0.2, 0.25) is 0 Å². The highest BCUT2D eigenvalue weighted by atomic mass is 16.6. The molecule has 3 aliphatic carbocycles. The third kappa shape index (κ3) is 1.34. The molecular formula is C13H20O3. The van der Waals surface area contributed by atoms with Gasteiger partial charge >= 0.3 is 5.97 Å². The van der Waals surface area contributed by atoms with E-state index in [2.05, 4.69) is 20.4 Å². The Morgan fingerprint density at radius 3 is 2.56 bits per heavy atom. The predicted molar refractivity (Wildman–Crippen MR) is 60.7 cm³/mol. The zero-order valence-corrected chi connectivity index (χ0v) is 10.2. The van der Waals surface area contributed by atoms with E-state index in [0.717, 1.165) is 18.9 Å². The summed E-state index contributed by atoms with van der Waals surface area (Å²) in [5, 5.41) is 10.1. The fourth-order valence-electron chi connectivity index (χ4n) is 3.52. The molecule has 2 bridgehead atoms. The number of carbonyl (C=O) groups excluding carboxylic acids is 1. The highest BCUT2D eigenvalue weighted by molar-refractivity contribution is 5.81. The number of fused-ring (bicyclic) bond motifs is 2. The van der Waals surface area contributed by atoms with E-state index >= 15 is 0 Å². The molecule has 3 rings (SSSR count). The number of hydrogen-bond acceptors (Lipinski definition) is 3. The minimum absolute atomic E-state index is 0.162. The highest BCUT2D eigenvalue weighted by Crippen LogP contribution is 2.63. The van der Waals surface area contributed by atoms with Crippen LogP contribution in [0.25, 0.3) is 0 Å². The van der Waals surface area contributed by atoms with E-state index in [-0.39, 0.29) is 11.3 Å². The molecule has 90 valence electrons. The summed E-state index contributed by atoms with van der Waals surface area (Å²) in [4.78, 5) is 11.4. The van der Waals surface area contributed by atoms with Crippen molar-refractivity contribution < 1.29 is 14.6 Å². The second kappa shape index (κ2) is 3.33. The third-order valence-electron chi connectivity index (χ3n) is 4.82. The first-order valence-corrected chi connectivity index (χ1v) is 5.86. The SMILES string of the molecule is C=CC(=O)OC1(C)C(O)CC2CC1C2(C)C. The first kappa shape index (κ1) is 11.6. The molecule has 3 aliphatic rings. The second-order valence-electron chi connectivity index (χ2n) is 5.87. The lowest BCUT2D eigenvalue weighted by Crippen LogP contribution is -2.67. The number of rotatable bonds is 2. The van der Waals surface area contributed by atoms with Crippen LogP contribution in [0.4, 0.5) is 0 Å². The smallest absolute Gasteiger partial charge is 0.330 e. The van der Waals surface area contributed by atoms with Gasteiger partial charge in [0.25, 0.3) is 0 Å². The minimum atomic E-state index is -0.747. The molecule has 3 saturated carbocycles. The molecule has 0 radical (unpaired) electrons. The lowest BCUT2D eigenvalue weighted by Gasteiger charge is -2.64. The third-order valence-corrected chi connectivity index (χ3v) is 4.82. The molecule has 3 fully saturated rings. The van der Waals surface area contributed by atoms with Crippen LogP contribution < -0.4 is 0 Å². The largest absolute Gasteiger partial charge is 0.453 e. The van der Waals surface area contributed by atoms with Gasteiger partial charge in [0.1, 0.15) is 5.60 Å². The Morgan fingerprint density at radius 2 is 2.06 bits per heavy atom. The summed E-state index contributed by atoms with van der Waals surface area (Å²) < 4.78 is 5.42. The normalized spacial score (nSPS) is 44.4. The lowest BCUT2D eigenvalue weighted by atomic mass is 9.43. The Balaban J connectivity index is 2.23. The van der Waals surface area contributed by atoms with Crippen LogP contribution in [0.5, 0.6) is 0 Å². The van der Waals surface area contributed by atoms with E-state index in [1.54, 1.807) is 0 Å². The molecule has 0 spiro atoms. The molecule has 0 aromatic heterocycles. The van der Waals surface area contributed by atoms with Crippen LogP contribution in [0.1, 0.15) is 33.6 Å². The van der Waals surface area contributed by atoms with Crippen molar-refractivity contribution in [2.24, 2.45) is 17.3 Å². The van der Waals surface area contributed by atoms with Crippen molar-refractivity contribution in [3.05, 3.63) is 12.7 Å². The molecule has 0 aromatic carbocycles. The first-order valence-electron chi connectivity index (χ1n) is 5.86. The fraction of sp³-hybridized carbons (Fsp3) is 0.769. The van der Waals surface area contributed by atoms with Crippen molar-refractivity contribution in [3.8, 4) is 0 Å². The molecule has 0 aromatic rings. The number of ether oxygens (including phenoxy) is 1.